The van der Waals surface area contributed by atoms with Crippen LogP contribution in [0.2, 0.25) is 0 Å². The minimum atomic E-state index is 0. The van der Waals surface area contributed by atoms with E-state index in [0.717, 1.165) is 50.9 Å². The highest BCUT2D eigenvalue weighted by molar-refractivity contribution is 14.0. The Morgan fingerprint density at radius 2 is 2.14 bits per heavy atom. The van der Waals surface area contributed by atoms with Crippen molar-refractivity contribution in [3.8, 4) is 0 Å². The van der Waals surface area contributed by atoms with Crippen LogP contribution in [0.5, 0.6) is 0 Å². The maximum Gasteiger partial charge on any atom is 0.193 e. The lowest BCUT2D eigenvalue weighted by molar-refractivity contribution is 0.474. The van der Waals surface area contributed by atoms with Gasteiger partial charge in [0.15, 0.2) is 5.96 Å². The van der Waals surface area contributed by atoms with E-state index in [1.54, 1.807) is 0 Å². The molecule has 2 aromatic rings. The molecule has 154 valence electrons. The molecule has 5 nitrogen and oxygen atoms in total. The molecule has 0 spiro atoms. The third-order valence-corrected chi connectivity index (χ3v) is 6.04. The molecule has 0 bridgehead atoms. The molecule has 1 aliphatic heterocycles. The molecule has 1 atom stereocenters. The Morgan fingerprint density at radius 1 is 1.32 bits per heavy atom. The summed E-state index contributed by atoms with van der Waals surface area (Å²) in [5.74, 6) is 2.99. The molecular weight excluding hydrogens is 481 g/mol. The minimum Gasteiger partial charge on any atom is -0.357 e. The SMILES string of the molecule is CCNC(=NCCCc1cnn(C)c1)N1CCC(CSc2ccccc2)C1.I. The number of benzene rings is 1. The van der Waals surface area contributed by atoms with E-state index >= 15 is 0 Å². The van der Waals surface area contributed by atoms with Crippen LogP contribution in [0.15, 0.2) is 52.6 Å². The van der Waals surface area contributed by atoms with Gasteiger partial charge in [-0.3, -0.25) is 9.67 Å². The number of aliphatic imine (C=N–C) groups is 1. The molecule has 1 unspecified atom stereocenters. The van der Waals surface area contributed by atoms with Crippen LogP contribution >= 0.6 is 35.7 Å². The van der Waals surface area contributed by atoms with Crippen molar-refractivity contribution >= 4 is 41.7 Å². The van der Waals surface area contributed by atoms with Crippen LogP contribution in [0.3, 0.4) is 0 Å². The molecule has 1 saturated heterocycles. The molecule has 7 heteroatoms. The molecule has 0 saturated carbocycles. The van der Waals surface area contributed by atoms with Gasteiger partial charge in [0.1, 0.15) is 0 Å². The Hall–Kier alpha value is -1.22. The maximum atomic E-state index is 4.87. The zero-order valence-electron chi connectivity index (χ0n) is 16.9. The summed E-state index contributed by atoms with van der Waals surface area (Å²) in [6.45, 7) is 6.13. The number of halogens is 1. The Labute approximate surface area is 190 Å². The van der Waals surface area contributed by atoms with E-state index in [1.807, 2.05) is 29.7 Å². The van der Waals surface area contributed by atoms with Crippen LogP contribution in [0, 0.1) is 5.92 Å². The van der Waals surface area contributed by atoms with Crippen molar-refractivity contribution in [3.05, 3.63) is 48.3 Å². The summed E-state index contributed by atoms with van der Waals surface area (Å²) in [4.78, 5) is 8.67. The number of hydrogen-bond acceptors (Lipinski definition) is 3. The molecule has 0 radical (unpaired) electrons. The van der Waals surface area contributed by atoms with Gasteiger partial charge in [-0.15, -0.1) is 35.7 Å². The van der Waals surface area contributed by atoms with Crippen LogP contribution in [0.25, 0.3) is 0 Å². The van der Waals surface area contributed by atoms with Gasteiger partial charge in [-0.25, -0.2) is 0 Å². The van der Waals surface area contributed by atoms with Gasteiger partial charge in [-0.1, -0.05) is 18.2 Å². The number of aryl methyl sites for hydroxylation is 2. The standard InChI is InChI=1S/C21H31N5S.HI/c1-3-22-21(23-12-7-8-18-14-24-25(2)15-18)26-13-11-19(16-26)17-27-20-9-5-4-6-10-20;/h4-6,9-10,14-15,19H,3,7-8,11-13,16-17H2,1-2H3,(H,22,23);1H. The third kappa shape index (κ3) is 7.31. The number of nitrogens with one attached hydrogen (secondary N) is 1. The molecule has 2 heterocycles. The molecule has 0 aliphatic carbocycles. The smallest absolute Gasteiger partial charge is 0.193 e. The number of hydrogen-bond donors (Lipinski definition) is 1. The van der Waals surface area contributed by atoms with Crippen molar-refractivity contribution in [1.82, 2.24) is 20.0 Å². The van der Waals surface area contributed by atoms with Gasteiger partial charge in [0.05, 0.1) is 6.20 Å². The zero-order valence-corrected chi connectivity index (χ0v) is 20.0. The van der Waals surface area contributed by atoms with E-state index in [9.17, 15) is 0 Å². The fraction of sp³-hybridized carbons (Fsp3) is 0.524. The molecular formula is C21H32IN5S. The molecule has 1 fully saturated rings. The second-order valence-corrected chi connectivity index (χ2v) is 8.18. The number of guanidine groups is 1. The van der Waals surface area contributed by atoms with Crippen LogP contribution in [0.1, 0.15) is 25.3 Å². The highest BCUT2D eigenvalue weighted by Gasteiger charge is 2.24. The average Bonchev–Trinajstić information content (AvgIpc) is 3.32. The van der Waals surface area contributed by atoms with E-state index < -0.39 is 0 Å². The lowest BCUT2D eigenvalue weighted by Crippen LogP contribution is -2.40. The highest BCUT2D eigenvalue weighted by atomic mass is 127. The van der Waals surface area contributed by atoms with Crippen molar-refractivity contribution in [3.63, 3.8) is 0 Å². The van der Waals surface area contributed by atoms with Gasteiger partial charge in [0, 0.05) is 50.1 Å². The molecule has 1 aliphatic rings. The first-order chi connectivity index (χ1) is 13.2. The quantitative estimate of drug-likeness (QED) is 0.190. The van der Waals surface area contributed by atoms with Gasteiger partial charge in [-0.05, 0) is 49.8 Å². The Kier molecular flexibility index (Phi) is 10.2. The summed E-state index contributed by atoms with van der Waals surface area (Å²) in [5.41, 5.74) is 1.29. The first kappa shape index (κ1) is 23.1. The Balaban J connectivity index is 0.00000280. The lowest BCUT2D eigenvalue weighted by Gasteiger charge is -2.21. The molecule has 0 amide bonds. The Morgan fingerprint density at radius 3 is 2.86 bits per heavy atom. The molecule has 1 aromatic heterocycles. The van der Waals surface area contributed by atoms with Gasteiger partial charge in [0.2, 0.25) is 0 Å². The van der Waals surface area contributed by atoms with Crippen LogP contribution in [0.4, 0.5) is 0 Å². The summed E-state index contributed by atoms with van der Waals surface area (Å²) >= 11 is 1.97. The highest BCUT2D eigenvalue weighted by Crippen LogP contribution is 2.25. The molecule has 3 rings (SSSR count). The summed E-state index contributed by atoms with van der Waals surface area (Å²) in [6.07, 6.45) is 7.38. The number of nitrogens with zero attached hydrogens (tertiary/aromatic N) is 4. The number of thioether (sulfide) groups is 1. The third-order valence-electron chi connectivity index (χ3n) is 4.79. The fourth-order valence-corrected chi connectivity index (χ4v) is 4.44. The van der Waals surface area contributed by atoms with Crippen molar-refractivity contribution in [2.24, 2.45) is 18.0 Å². The lowest BCUT2D eigenvalue weighted by atomic mass is 10.2. The van der Waals surface area contributed by atoms with Crippen LogP contribution < -0.4 is 5.32 Å². The monoisotopic (exact) mass is 513 g/mol. The molecule has 1 aromatic carbocycles. The predicted molar refractivity (Wildman–Crippen MR) is 130 cm³/mol. The maximum absolute atomic E-state index is 4.87. The van der Waals surface area contributed by atoms with Crippen molar-refractivity contribution in [2.45, 2.75) is 31.1 Å². The predicted octanol–water partition coefficient (Wildman–Crippen LogP) is 4.05. The van der Waals surface area contributed by atoms with Gasteiger partial charge in [-0.2, -0.15) is 5.10 Å². The van der Waals surface area contributed by atoms with E-state index in [1.165, 1.54) is 22.6 Å². The average molecular weight is 513 g/mol. The summed E-state index contributed by atoms with van der Waals surface area (Å²) in [6, 6.07) is 10.7. The first-order valence-electron chi connectivity index (χ1n) is 9.93. The van der Waals surface area contributed by atoms with Crippen LogP contribution in [-0.2, 0) is 13.5 Å². The molecule has 28 heavy (non-hydrogen) atoms. The second-order valence-electron chi connectivity index (χ2n) is 7.09. The topological polar surface area (TPSA) is 45.5 Å². The second kappa shape index (κ2) is 12.4. The van der Waals surface area contributed by atoms with Gasteiger partial charge in [0.25, 0.3) is 0 Å². The number of aromatic nitrogens is 2. The van der Waals surface area contributed by atoms with E-state index in [0.29, 0.717) is 0 Å². The molecule has 1 N–H and O–H groups in total. The van der Waals surface area contributed by atoms with Crippen molar-refractivity contribution < 1.29 is 0 Å². The summed E-state index contributed by atoms with van der Waals surface area (Å²) in [7, 11) is 1.96. The van der Waals surface area contributed by atoms with Crippen molar-refractivity contribution in [1.29, 1.82) is 0 Å². The number of rotatable bonds is 8. The van der Waals surface area contributed by atoms with E-state index in [4.69, 9.17) is 4.99 Å². The largest absolute Gasteiger partial charge is 0.357 e. The van der Waals surface area contributed by atoms with E-state index in [-0.39, 0.29) is 24.0 Å². The summed E-state index contributed by atoms with van der Waals surface area (Å²) < 4.78 is 1.86. The van der Waals surface area contributed by atoms with E-state index in [2.05, 4.69) is 58.8 Å². The summed E-state index contributed by atoms with van der Waals surface area (Å²) in [5, 5.41) is 7.70. The Bertz CT molecular complexity index is 719. The number of likely N-dealkylation sites (tertiary alicyclic amines) is 1. The van der Waals surface area contributed by atoms with Crippen molar-refractivity contribution in [2.75, 3.05) is 31.9 Å². The first-order valence-corrected chi connectivity index (χ1v) is 10.9. The van der Waals surface area contributed by atoms with Gasteiger partial charge < -0.3 is 10.2 Å². The van der Waals surface area contributed by atoms with Gasteiger partial charge >= 0.3 is 0 Å². The minimum absolute atomic E-state index is 0. The zero-order chi connectivity index (χ0) is 18.9. The fourth-order valence-electron chi connectivity index (χ4n) is 3.39. The van der Waals surface area contributed by atoms with Crippen LogP contribution in [-0.4, -0.2) is 52.6 Å². The normalized spacial score (nSPS) is 16.9.